The molecular weight excluding hydrogens is 378 g/mol. The third kappa shape index (κ3) is 4.94. The van der Waals surface area contributed by atoms with Crippen LogP contribution < -0.4 is 0 Å². The molecule has 0 radical (unpaired) electrons. The topological polar surface area (TPSA) is 79.5 Å². The van der Waals surface area contributed by atoms with Gasteiger partial charge in [-0.15, -0.1) is 0 Å². The highest BCUT2D eigenvalue weighted by Gasteiger charge is 2.27. The van der Waals surface area contributed by atoms with E-state index in [0.717, 1.165) is 53.7 Å². The molecule has 0 bridgehead atoms. The maximum atomic E-state index is 12.9. The Balaban J connectivity index is 1.43. The van der Waals surface area contributed by atoms with Crippen molar-refractivity contribution in [1.82, 2.24) is 14.9 Å². The first-order chi connectivity index (χ1) is 14.3. The molecular formula is C24H29N3O3. The first kappa shape index (κ1) is 20.7. The lowest BCUT2D eigenvalue weighted by Gasteiger charge is -2.34. The lowest BCUT2D eigenvalue weighted by molar-refractivity contribution is -0.123. The van der Waals surface area contributed by atoms with Gasteiger partial charge in [-0.25, -0.2) is 4.98 Å². The molecule has 158 valence electrons. The average Bonchev–Trinajstić information content (AvgIpc) is 3.13. The lowest BCUT2D eigenvalue weighted by Crippen LogP contribution is -2.44. The minimum absolute atomic E-state index is 0.0732. The Morgan fingerprint density at radius 3 is 2.60 bits per heavy atom. The molecule has 3 aromatic rings. The molecule has 1 fully saturated rings. The van der Waals surface area contributed by atoms with Crippen molar-refractivity contribution < 1.29 is 14.3 Å². The normalized spacial score (nSPS) is 16.3. The third-order valence-electron chi connectivity index (χ3n) is 5.69. The second-order valence-corrected chi connectivity index (χ2v) is 8.99. The van der Waals surface area contributed by atoms with Crippen LogP contribution in [-0.4, -0.2) is 51.0 Å². The number of rotatable bonds is 6. The van der Waals surface area contributed by atoms with Crippen LogP contribution in [0, 0.1) is 12.8 Å². The number of oxazole rings is 1. The van der Waals surface area contributed by atoms with Gasteiger partial charge in [-0.05, 0) is 57.3 Å². The Kier molecular flexibility index (Phi) is 5.71. The van der Waals surface area contributed by atoms with Crippen LogP contribution in [-0.2, 0) is 11.2 Å². The molecule has 1 aromatic carbocycles. The Morgan fingerprint density at radius 1 is 1.17 bits per heavy atom. The van der Waals surface area contributed by atoms with E-state index in [-0.39, 0.29) is 11.7 Å². The van der Waals surface area contributed by atoms with Gasteiger partial charge in [-0.3, -0.25) is 9.78 Å². The lowest BCUT2D eigenvalue weighted by atomic mass is 9.89. The zero-order valence-corrected chi connectivity index (χ0v) is 17.9. The number of hydrogen-bond donors (Lipinski definition) is 1. The summed E-state index contributed by atoms with van der Waals surface area (Å²) in [6.45, 7) is 7.83. The first-order valence-electron chi connectivity index (χ1n) is 10.6. The van der Waals surface area contributed by atoms with Gasteiger partial charge in [0.2, 0.25) is 0 Å². The third-order valence-corrected chi connectivity index (χ3v) is 5.69. The molecule has 30 heavy (non-hydrogen) atoms. The van der Waals surface area contributed by atoms with Gasteiger partial charge >= 0.3 is 0 Å². The number of ketones is 1. The first-order valence-corrected chi connectivity index (χ1v) is 10.6. The smallest absolute Gasteiger partial charge is 0.191 e. The van der Waals surface area contributed by atoms with E-state index in [4.69, 9.17) is 4.42 Å². The molecule has 4 rings (SSSR count). The molecule has 0 unspecified atom stereocenters. The zero-order valence-electron chi connectivity index (χ0n) is 17.9. The summed E-state index contributed by atoms with van der Waals surface area (Å²) in [5.74, 6) is 1.71. The van der Waals surface area contributed by atoms with E-state index in [1.807, 2.05) is 45.2 Å². The Labute approximate surface area is 176 Å². The largest absolute Gasteiger partial charge is 0.441 e. The number of benzene rings is 1. The summed E-state index contributed by atoms with van der Waals surface area (Å²) in [7, 11) is 0. The molecule has 2 aromatic heterocycles. The highest BCUT2D eigenvalue weighted by molar-refractivity contribution is 5.88. The van der Waals surface area contributed by atoms with Gasteiger partial charge in [0.05, 0.1) is 11.8 Å². The number of pyridine rings is 1. The summed E-state index contributed by atoms with van der Waals surface area (Å²) in [6, 6.07) is 8.07. The monoisotopic (exact) mass is 407 g/mol. The van der Waals surface area contributed by atoms with Crippen LogP contribution in [0.5, 0.6) is 0 Å². The molecule has 0 spiro atoms. The highest BCUT2D eigenvalue weighted by atomic mass is 16.4. The Morgan fingerprint density at radius 2 is 1.93 bits per heavy atom. The molecule has 1 N–H and O–H groups in total. The minimum Gasteiger partial charge on any atom is -0.441 e. The highest BCUT2D eigenvalue weighted by Crippen LogP contribution is 2.26. The van der Waals surface area contributed by atoms with Crippen molar-refractivity contribution >= 4 is 16.6 Å². The van der Waals surface area contributed by atoms with Gasteiger partial charge in [-0.2, -0.15) is 0 Å². The SMILES string of the molecule is Cc1ncc(-c2ccc3cnc(CC(=O)C4CCN(CC(C)(C)O)CC4)cc3c2)o1. The molecule has 3 heterocycles. The number of aryl methyl sites for hydroxylation is 1. The summed E-state index contributed by atoms with van der Waals surface area (Å²) < 4.78 is 5.63. The number of carbonyl (C=O) groups is 1. The van der Waals surface area contributed by atoms with Crippen molar-refractivity contribution in [3.05, 3.63) is 48.2 Å². The van der Waals surface area contributed by atoms with Crippen molar-refractivity contribution in [2.45, 2.75) is 45.6 Å². The molecule has 1 aliphatic rings. The van der Waals surface area contributed by atoms with E-state index in [2.05, 4.69) is 20.9 Å². The van der Waals surface area contributed by atoms with E-state index in [1.54, 1.807) is 6.20 Å². The molecule has 1 aliphatic heterocycles. The van der Waals surface area contributed by atoms with Crippen molar-refractivity contribution in [2.75, 3.05) is 19.6 Å². The summed E-state index contributed by atoms with van der Waals surface area (Å²) in [6.07, 6.45) is 5.61. The molecule has 0 aliphatic carbocycles. The van der Waals surface area contributed by atoms with Crippen LogP contribution in [0.2, 0.25) is 0 Å². The van der Waals surface area contributed by atoms with Crippen LogP contribution in [0.25, 0.3) is 22.1 Å². The number of likely N-dealkylation sites (tertiary alicyclic amines) is 1. The fourth-order valence-corrected chi connectivity index (χ4v) is 4.21. The summed E-state index contributed by atoms with van der Waals surface area (Å²) >= 11 is 0. The second-order valence-electron chi connectivity index (χ2n) is 8.99. The molecule has 6 heteroatoms. The number of β-amino-alcohol motifs (C(OH)–C–C–N with tert-alkyl or cyclic N) is 1. The van der Waals surface area contributed by atoms with Gasteiger partial charge in [0, 0.05) is 48.6 Å². The fraction of sp³-hybridized carbons (Fsp3) is 0.458. The van der Waals surface area contributed by atoms with Crippen LogP contribution in [0.3, 0.4) is 0 Å². The quantitative estimate of drug-likeness (QED) is 0.670. The minimum atomic E-state index is -0.699. The van der Waals surface area contributed by atoms with Crippen molar-refractivity contribution in [3.8, 4) is 11.3 Å². The standard InChI is InChI=1S/C24H29N3O3/c1-16-25-14-23(30-16)18-4-5-19-13-26-21(11-20(19)10-18)12-22(28)17-6-8-27(9-7-17)15-24(2,3)29/h4-5,10-11,13-14,17,29H,6-9,12,15H2,1-3H3. The van der Waals surface area contributed by atoms with Crippen LogP contribution in [0.15, 0.2) is 41.1 Å². The second kappa shape index (κ2) is 8.28. The van der Waals surface area contributed by atoms with E-state index >= 15 is 0 Å². The summed E-state index contributed by atoms with van der Waals surface area (Å²) in [5.41, 5.74) is 1.07. The maximum Gasteiger partial charge on any atom is 0.191 e. The number of fused-ring (bicyclic) bond motifs is 1. The maximum absolute atomic E-state index is 12.9. The number of hydrogen-bond acceptors (Lipinski definition) is 6. The van der Waals surface area contributed by atoms with Gasteiger partial charge in [0.25, 0.3) is 0 Å². The summed E-state index contributed by atoms with van der Waals surface area (Å²) in [5, 5.41) is 12.1. The van der Waals surface area contributed by atoms with Gasteiger partial charge < -0.3 is 14.4 Å². The van der Waals surface area contributed by atoms with Crippen molar-refractivity contribution in [3.63, 3.8) is 0 Å². The van der Waals surface area contributed by atoms with E-state index < -0.39 is 5.60 Å². The number of carbonyl (C=O) groups excluding carboxylic acids is 1. The predicted molar refractivity (Wildman–Crippen MR) is 116 cm³/mol. The number of piperidine rings is 1. The predicted octanol–water partition coefficient (Wildman–Crippen LogP) is 3.79. The molecule has 0 amide bonds. The van der Waals surface area contributed by atoms with E-state index in [9.17, 15) is 9.90 Å². The average molecular weight is 408 g/mol. The van der Waals surface area contributed by atoms with Gasteiger partial charge in [0.1, 0.15) is 5.78 Å². The van der Waals surface area contributed by atoms with Crippen molar-refractivity contribution in [2.24, 2.45) is 5.92 Å². The van der Waals surface area contributed by atoms with Crippen molar-refractivity contribution in [1.29, 1.82) is 0 Å². The van der Waals surface area contributed by atoms with Gasteiger partial charge in [0.15, 0.2) is 11.7 Å². The van der Waals surface area contributed by atoms with Crippen LogP contribution in [0.4, 0.5) is 0 Å². The molecule has 6 nitrogen and oxygen atoms in total. The van der Waals surface area contributed by atoms with Gasteiger partial charge in [-0.1, -0.05) is 12.1 Å². The fourth-order valence-electron chi connectivity index (χ4n) is 4.21. The Bertz CT molecular complexity index is 1040. The molecule has 0 atom stereocenters. The number of aromatic nitrogens is 2. The number of aliphatic hydroxyl groups is 1. The number of Topliss-reactive ketones (excluding diaryl/α,β-unsaturated/α-hetero) is 1. The van der Waals surface area contributed by atoms with Crippen LogP contribution >= 0.6 is 0 Å². The van der Waals surface area contributed by atoms with E-state index in [0.29, 0.717) is 18.9 Å². The summed E-state index contributed by atoms with van der Waals surface area (Å²) in [4.78, 5) is 23.8. The Hall–Kier alpha value is -2.57. The molecule has 1 saturated heterocycles. The number of nitrogens with zero attached hydrogens (tertiary/aromatic N) is 3. The molecule has 0 saturated carbocycles. The van der Waals surface area contributed by atoms with E-state index in [1.165, 1.54) is 0 Å². The zero-order chi connectivity index (χ0) is 21.3. The van der Waals surface area contributed by atoms with Crippen LogP contribution in [0.1, 0.15) is 38.3 Å².